The van der Waals surface area contributed by atoms with Gasteiger partial charge in [0.1, 0.15) is 5.60 Å². The number of rotatable bonds is 7. The van der Waals surface area contributed by atoms with Crippen LogP contribution in [-0.2, 0) is 4.74 Å². The Morgan fingerprint density at radius 3 is 2.36 bits per heavy atom. The molecule has 22 heavy (non-hydrogen) atoms. The smallest absolute Gasteiger partial charge is 0.407 e. The monoisotopic (exact) mass is 310 g/mol. The number of methoxy groups -OCH3 is 2. The lowest BCUT2D eigenvalue weighted by Crippen LogP contribution is -2.33. The second kappa shape index (κ2) is 8.36. The Morgan fingerprint density at radius 1 is 1.09 bits per heavy atom. The Kier molecular flexibility index (Phi) is 6.82. The number of alkyl carbamates (subject to hydrolysis) is 1. The van der Waals surface area contributed by atoms with Crippen LogP contribution >= 0.6 is 0 Å². The summed E-state index contributed by atoms with van der Waals surface area (Å²) < 4.78 is 15.6. The van der Waals surface area contributed by atoms with Crippen LogP contribution < -0.4 is 20.1 Å². The minimum Gasteiger partial charge on any atom is -0.493 e. The fourth-order valence-electron chi connectivity index (χ4n) is 1.77. The van der Waals surface area contributed by atoms with Gasteiger partial charge >= 0.3 is 6.09 Å². The van der Waals surface area contributed by atoms with Gasteiger partial charge in [0.25, 0.3) is 0 Å². The molecule has 1 rings (SSSR count). The van der Waals surface area contributed by atoms with Crippen molar-refractivity contribution in [2.75, 3.05) is 32.6 Å². The van der Waals surface area contributed by atoms with Crippen molar-refractivity contribution in [2.24, 2.45) is 0 Å². The van der Waals surface area contributed by atoms with E-state index in [1.807, 2.05) is 39.0 Å². The molecule has 0 aromatic heterocycles. The molecule has 0 bridgehead atoms. The SMILES string of the molecule is COc1ccc(NCCCNC(=O)OC(C)(C)C)cc1OC. The summed E-state index contributed by atoms with van der Waals surface area (Å²) in [6, 6.07) is 5.64. The average Bonchev–Trinajstić information content (AvgIpc) is 2.44. The first-order chi connectivity index (χ1) is 10.4. The number of carbonyl (C=O) groups is 1. The molecule has 0 aliphatic rings. The summed E-state index contributed by atoms with van der Waals surface area (Å²) in [5, 5.41) is 5.99. The summed E-state index contributed by atoms with van der Waals surface area (Å²) in [6.07, 6.45) is 0.395. The molecule has 6 heteroatoms. The van der Waals surface area contributed by atoms with E-state index < -0.39 is 11.7 Å². The summed E-state index contributed by atoms with van der Waals surface area (Å²) in [7, 11) is 3.21. The molecule has 0 heterocycles. The standard InChI is InChI=1S/C16H26N2O4/c1-16(2,3)22-15(19)18-10-6-9-17-12-7-8-13(20-4)14(11-12)21-5/h7-8,11,17H,6,9-10H2,1-5H3,(H,18,19). The van der Waals surface area contributed by atoms with Gasteiger partial charge in [-0.3, -0.25) is 0 Å². The Balaban J connectivity index is 2.29. The molecule has 0 saturated heterocycles. The first-order valence-electron chi connectivity index (χ1n) is 7.28. The highest BCUT2D eigenvalue weighted by molar-refractivity contribution is 5.67. The Bertz CT molecular complexity index is 484. The second-order valence-electron chi connectivity index (χ2n) is 5.78. The van der Waals surface area contributed by atoms with Gasteiger partial charge in [-0.25, -0.2) is 4.79 Å². The Labute approximate surface area is 132 Å². The molecule has 1 amide bonds. The number of hydrogen-bond acceptors (Lipinski definition) is 5. The molecule has 6 nitrogen and oxygen atoms in total. The van der Waals surface area contributed by atoms with Crippen LogP contribution in [-0.4, -0.2) is 39.0 Å². The Hall–Kier alpha value is -2.11. The van der Waals surface area contributed by atoms with E-state index in [2.05, 4.69) is 10.6 Å². The van der Waals surface area contributed by atoms with Gasteiger partial charge < -0.3 is 24.8 Å². The molecule has 2 N–H and O–H groups in total. The van der Waals surface area contributed by atoms with Crippen molar-refractivity contribution in [1.82, 2.24) is 5.32 Å². The molecule has 0 saturated carbocycles. The predicted molar refractivity (Wildman–Crippen MR) is 86.9 cm³/mol. The van der Waals surface area contributed by atoms with E-state index in [4.69, 9.17) is 14.2 Å². The molecule has 0 aliphatic carbocycles. The molecule has 0 atom stereocenters. The zero-order valence-electron chi connectivity index (χ0n) is 14.0. The van der Waals surface area contributed by atoms with Gasteiger partial charge in [-0.2, -0.15) is 0 Å². The molecular formula is C16H26N2O4. The number of amides is 1. The Morgan fingerprint density at radius 2 is 1.77 bits per heavy atom. The van der Waals surface area contributed by atoms with Crippen molar-refractivity contribution in [3.63, 3.8) is 0 Å². The van der Waals surface area contributed by atoms with Crippen molar-refractivity contribution >= 4 is 11.8 Å². The number of ether oxygens (including phenoxy) is 3. The molecular weight excluding hydrogens is 284 g/mol. The molecule has 1 aromatic carbocycles. The van der Waals surface area contributed by atoms with Crippen LogP contribution in [0.2, 0.25) is 0 Å². The van der Waals surface area contributed by atoms with Crippen LogP contribution in [0.3, 0.4) is 0 Å². The number of anilines is 1. The van der Waals surface area contributed by atoms with Crippen LogP contribution in [0, 0.1) is 0 Å². The van der Waals surface area contributed by atoms with E-state index in [-0.39, 0.29) is 0 Å². The summed E-state index contributed by atoms with van der Waals surface area (Å²) in [5.41, 5.74) is 0.469. The minimum absolute atomic E-state index is 0.390. The van der Waals surface area contributed by atoms with E-state index in [9.17, 15) is 4.79 Å². The van der Waals surface area contributed by atoms with Gasteiger partial charge in [0.05, 0.1) is 14.2 Å². The van der Waals surface area contributed by atoms with Gasteiger partial charge in [0, 0.05) is 24.8 Å². The fourth-order valence-corrected chi connectivity index (χ4v) is 1.77. The van der Waals surface area contributed by atoms with Gasteiger partial charge in [0.15, 0.2) is 11.5 Å². The van der Waals surface area contributed by atoms with Crippen LogP contribution in [0.25, 0.3) is 0 Å². The highest BCUT2D eigenvalue weighted by atomic mass is 16.6. The maximum absolute atomic E-state index is 11.5. The lowest BCUT2D eigenvalue weighted by Gasteiger charge is -2.19. The molecule has 0 unspecified atom stereocenters. The number of nitrogens with one attached hydrogen (secondary N) is 2. The van der Waals surface area contributed by atoms with Gasteiger partial charge in [-0.15, -0.1) is 0 Å². The maximum atomic E-state index is 11.5. The lowest BCUT2D eigenvalue weighted by molar-refractivity contribution is 0.0528. The van der Waals surface area contributed by atoms with E-state index in [0.29, 0.717) is 18.0 Å². The topological polar surface area (TPSA) is 68.8 Å². The third-order valence-electron chi connectivity index (χ3n) is 2.73. The van der Waals surface area contributed by atoms with Crippen LogP contribution in [0.4, 0.5) is 10.5 Å². The quantitative estimate of drug-likeness (QED) is 0.758. The van der Waals surface area contributed by atoms with Crippen LogP contribution in [0.1, 0.15) is 27.2 Å². The van der Waals surface area contributed by atoms with Gasteiger partial charge in [0.2, 0.25) is 0 Å². The summed E-state index contributed by atoms with van der Waals surface area (Å²) in [5.74, 6) is 1.37. The molecule has 0 aliphatic heterocycles. The summed E-state index contributed by atoms with van der Waals surface area (Å²) in [6.45, 7) is 6.79. The third kappa shape index (κ3) is 6.56. The maximum Gasteiger partial charge on any atom is 0.407 e. The molecule has 0 fully saturated rings. The predicted octanol–water partition coefficient (Wildman–Crippen LogP) is 3.03. The summed E-state index contributed by atoms with van der Waals surface area (Å²) in [4.78, 5) is 11.5. The second-order valence-corrected chi connectivity index (χ2v) is 5.78. The molecule has 1 aromatic rings. The van der Waals surface area contributed by atoms with Crippen molar-refractivity contribution in [1.29, 1.82) is 0 Å². The third-order valence-corrected chi connectivity index (χ3v) is 2.73. The highest BCUT2D eigenvalue weighted by Crippen LogP contribution is 2.29. The number of hydrogen-bond donors (Lipinski definition) is 2. The van der Waals surface area contributed by atoms with Crippen molar-refractivity contribution in [3.8, 4) is 11.5 Å². The zero-order chi connectivity index (χ0) is 16.6. The average molecular weight is 310 g/mol. The minimum atomic E-state index is -0.470. The van der Waals surface area contributed by atoms with Crippen LogP contribution in [0.5, 0.6) is 11.5 Å². The van der Waals surface area contributed by atoms with Crippen molar-refractivity contribution in [2.45, 2.75) is 32.8 Å². The van der Waals surface area contributed by atoms with E-state index in [1.165, 1.54) is 0 Å². The van der Waals surface area contributed by atoms with Crippen LogP contribution in [0.15, 0.2) is 18.2 Å². The number of benzene rings is 1. The molecule has 0 spiro atoms. The largest absolute Gasteiger partial charge is 0.493 e. The van der Waals surface area contributed by atoms with Gasteiger partial charge in [-0.05, 0) is 39.3 Å². The van der Waals surface area contributed by atoms with E-state index in [0.717, 1.165) is 18.7 Å². The van der Waals surface area contributed by atoms with Gasteiger partial charge in [-0.1, -0.05) is 0 Å². The van der Waals surface area contributed by atoms with E-state index in [1.54, 1.807) is 14.2 Å². The summed E-state index contributed by atoms with van der Waals surface area (Å²) >= 11 is 0. The molecule has 0 radical (unpaired) electrons. The number of carbonyl (C=O) groups excluding carboxylic acids is 1. The van der Waals surface area contributed by atoms with Crippen molar-refractivity contribution in [3.05, 3.63) is 18.2 Å². The highest BCUT2D eigenvalue weighted by Gasteiger charge is 2.15. The zero-order valence-corrected chi connectivity index (χ0v) is 14.0. The fraction of sp³-hybridized carbons (Fsp3) is 0.562. The normalized spacial score (nSPS) is 10.8. The first kappa shape index (κ1) is 17.9. The first-order valence-corrected chi connectivity index (χ1v) is 7.28. The van der Waals surface area contributed by atoms with Crippen molar-refractivity contribution < 1.29 is 19.0 Å². The lowest BCUT2D eigenvalue weighted by atomic mass is 10.2. The molecule has 124 valence electrons. The van der Waals surface area contributed by atoms with E-state index >= 15 is 0 Å².